The summed E-state index contributed by atoms with van der Waals surface area (Å²) in [6.45, 7) is 3.77. The average Bonchev–Trinajstić information content (AvgIpc) is 2.31. The molecule has 5 heteroatoms. The van der Waals surface area contributed by atoms with Crippen LogP contribution in [-0.4, -0.2) is 36.6 Å². The molecular formula is C12H13BrClNO2. The Morgan fingerprint density at radius 2 is 2.35 bits per heavy atom. The van der Waals surface area contributed by atoms with Crippen LogP contribution in [0.3, 0.4) is 0 Å². The number of hydrogen-bond acceptors (Lipinski definition) is 2. The lowest BCUT2D eigenvalue weighted by Crippen LogP contribution is -2.44. The molecule has 1 atom stereocenters. The quantitative estimate of drug-likeness (QED) is 0.797. The molecule has 3 nitrogen and oxygen atoms in total. The zero-order valence-corrected chi connectivity index (χ0v) is 11.8. The van der Waals surface area contributed by atoms with Crippen molar-refractivity contribution in [2.24, 2.45) is 0 Å². The van der Waals surface area contributed by atoms with Crippen LogP contribution in [0.2, 0.25) is 5.02 Å². The molecule has 1 unspecified atom stereocenters. The Kier molecular flexibility index (Phi) is 4.07. The monoisotopic (exact) mass is 317 g/mol. The van der Waals surface area contributed by atoms with E-state index in [9.17, 15) is 4.79 Å². The Morgan fingerprint density at radius 3 is 3.06 bits per heavy atom. The first kappa shape index (κ1) is 12.9. The Balaban J connectivity index is 2.21. The van der Waals surface area contributed by atoms with Crippen molar-refractivity contribution in [3.8, 4) is 0 Å². The van der Waals surface area contributed by atoms with E-state index in [1.807, 2.05) is 13.0 Å². The van der Waals surface area contributed by atoms with Crippen LogP contribution in [0.15, 0.2) is 22.7 Å². The predicted octanol–water partition coefficient (Wildman–Crippen LogP) is 2.96. The van der Waals surface area contributed by atoms with Gasteiger partial charge in [-0.3, -0.25) is 4.79 Å². The van der Waals surface area contributed by atoms with Crippen molar-refractivity contribution in [2.45, 2.75) is 13.0 Å². The number of nitrogens with zero attached hydrogens (tertiary/aromatic N) is 1. The first-order chi connectivity index (χ1) is 8.08. The first-order valence-corrected chi connectivity index (χ1v) is 6.61. The third kappa shape index (κ3) is 3.00. The molecule has 0 radical (unpaired) electrons. The van der Waals surface area contributed by atoms with E-state index in [0.29, 0.717) is 30.3 Å². The summed E-state index contributed by atoms with van der Waals surface area (Å²) in [5.74, 6) is -0.0357. The predicted molar refractivity (Wildman–Crippen MR) is 70.5 cm³/mol. The molecule has 0 aliphatic carbocycles. The number of carbonyl (C=O) groups is 1. The Bertz CT molecular complexity index is 439. The van der Waals surface area contributed by atoms with Crippen molar-refractivity contribution in [1.82, 2.24) is 4.90 Å². The summed E-state index contributed by atoms with van der Waals surface area (Å²) in [6, 6.07) is 5.30. The molecule has 17 heavy (non-hydrogen) atoms. The van der Waals surface area contributed by atoms with Crippen molar-refractivity contribution in [3.63, 3.8) is 0 Å². The Morgan fingerprint density at radius 1 is 1.59 bits per heavy atom. The molecule has 1 fully saturated rings. The molecule has 1 saturated heterocycles. The highest BCUT2D eigenvalue weighted by Crippen LogP contribution is 2.23. The van der Waals surface area contributed by atoms with E-state index in [2.05, 4.69) is 15.9 Å². The topological polar surface area (TPSA) is 29.5 Å². The maximum atomic E-state index is 12.3. The summed E-state index contributed by atoms with van der Waals surface area (Å²) < 4.78 is 6.27. The number of hydrogen-bond donors (Lipinski definition) is 0. The van der Waals surface area contributed by atoms with Gasteiger partial charge in [-0.05, 0) is 25.1 Å². The zero-order valence-electron chi connectivity index (χ0n) is 9.45. The van der Waals surface area contributed by atoms with Crippen molar-refractivity contribution in [2.75, 3.05) is 19.7 Å². The van der Waals surface area contributed by atoms with Crippen LogP contribution in [-0.2, 0) is 4.74 Å². The van der Waals surface area contributed by atoms with Crippen LogP contribution in [0.25, 0.3) is 0 Å². The molecule has 0 spiro atoms. The molecule has 1 aliphatic heterocycles. The average molecular weight is 319 g/mol. The van der Waals surface area contributed by atoms with Gasteiger partial charge in [0.25, 0.3) is 5.91 Å². The van der Waals surface area contributed by atoms with Crippen LogP contribution in [0, 0.1) is 0 Å². The summed E-state index contributed by atoms with van der Waals surface area (Å²) in [6.07, 6.45) is 0.0821. The van der Waals surface area contributed by atoms with Gasteiger partial charge in [0.05, 0.1) is 23.3 Å². The van der Waals surface area contributed by atoms with Gasteiger partial charge in [0.15, 0.2) is 0 Å². The molecule has 1 aliphatic rings. The maximum absolute atomic E-state index is 12.3. The van der Waals surface area contributed by atoms with E-state index in [-0.39, 0.29) is 12.0 Å². The molecular weight excluding hydrogens is 305 g/mol. The molecule has 0 N–H and O–H groups in total. The maximum Gasteiger partial charge on any atom is 0.255 e. The highest BCUT2D eigenvalue weighted by molar-refractivity contribution is 9.10. The summed E-state index contributed by atoms with van der Waals surface area (Å²) >= 11 is 9.39. The lowest BCUT2D eigenvalue weighted by atomic mass is 10.2. The minimum absolute atomic E-state index is 0.0357. The van der Waals surface area contributed by atoms with E-state index in [1.54, 1.807) is 17.0 Å². The standard InChI is InChI=1S/C12H13BrClNO2/c1-8-7-15(4-5-17-8)12(16)10-6-9(13)2-3-11(10)14/h2-3,6,8H,4-5,7H2,1H3. The molecule has 0 saturated carbocycles. The fraction of sp³-hybridized carbons (Fsp3) is 0.417. The minimum Gasteiger partial charge on any atom is -0.375 e. The first-order valence-electron chi connectivity index (χ1n) is 5.44. The third-order valence-corrected chi connectivity index (χ3v) is 3.51. The van der Waals surface area contributed by atoms with Crippen molar-refractivity contribution in [1.29, 1.82) is 0 Å². The molecule has 1 aromatic carbocycles. The van der Waals surface area contributed by atoms with Crippen molar-refractivity contribution < 1.29 is 9.53 Å². The van der Waals surface area contributed by atoms with Gasteiger partial charge in [-0.25, -0.2) is 0 Å². The van der Waals surface area contributed by atoms with E-state index in [0.717, 1.165) is 4.47 Å². The number of rotatable bonds is 1. The van der Waals surface area contributed by atoms with Gasteiger partial charge in [0.1, 0.15) is 0 Å². The normalized spacial score (nSPS) is 20.4. The van der Waals surface area contributed by atoms with Crippen LogP contribution >= 0.6 is 27.5 Å². The molecule has 1 amide bonds. The molecule has 0 bridgehead atoms. The van der Waals surface area contributed by atoms with Crippen molar-refractivity contribution >= 4 is 33.4 Å². The van der Waals surface area contributed by atoms with Gasteiger partial charge < -0.3 is 9.64 Å². The van der Waals surface area contributed by atoms with E-state index in [4.69, 9.17) is 16.3 Å². The smallest absolute Gasteiger partial charge is 0.255 e. The largest absolute Gasteiger partial charge is 0.375 e. The minimum atomic E-state index is -0.0357. The van der Waals surface area contributed by atoms with Crippen molar-refractivity contribution in [3.05, 3.63) is 33.3 Å². The summed E-state index contributed by atoms with van der Waals surface area (Å²) in [4.78, 5) is 14.1. The highest BCUT2D eigenvalue weighted by Gasteiger charge is 2.23. The van der Waals surface area contributed by atoms with Gasteiger partial charge in [-0.15, -0.1) is 0 Å². The van der Waals surface area contributed by atoms with Crippen LogP contribution in [0.4, 0.5) is 0 Å². The van der Waals surface area contributed by atoms with Gasteiger partial charge in [-0.2, -0.15) is 0 Å². The second kappa shape index (κ2) is 5.38. The SMILES string of the molecule is CC1CN(C(=O)c2cc(Br)ccc2Cl)CCO1. The number of halogens is 2. The third-order valence-electron chi connectivity index (χ3n) is 2.69. The van der Waals surface area contributed by atoms with E-state index >= 15 is 0 Å². The Labute approximate surface area is 114 Å². The van der Waals surface area contributed by atoms with E-state index in [1.165, 1.54) is 0 Å². The second-order valence-corrected chi connectivity index (χ2v) is 5.38. The summed E-state index contributed by atoms with van der Waals surface area (Å²) in [5, 5.41) is 0.484. The number of morpholine rings is 1. The zero-order chi connectivity index (χ0) is 12.4. The van der Waals surface area contributed by atoms with Crippen LogP contribution in [0.5, 0.6) is 0 Å². The Hall–Kier alpha value is -0.580. The number of ether oxygens (including phenoxy) is 1. The lowest BCUT2D eigenvalue weighted by Gasteiger charge is -2.31. The van der Waals surface area contributed by atoms with Gasteiger partial charge in [-0.1, -0.05) is 27.5 Å². The summed E-state index contributed by atoms with van der Waals surface area (Å²) in [7, 11) is 0. The van der Waals surface area contributed by atoms with Crippen LogP contribution < -0.4 is 0 Å². The number of benzene rings is 1. The molecule has 2 rings (SSSR count). The molecule has 92 valence electrons. The van der Waals surface area contributed by atoms with Gasteiger partial charge in [0.2, 0.25) is 0 Å². The number of amides is 1. The lowest BCUT2D eigenvalue weighted by molar-refractivity contribution is -0.0124. The number of carbonyl (C=O) groups excluding carboxylic acids is 1. The summed E-state index contributed by atoms with van der Waals surface area (Å²) in [5.41, 5.74) is 0.537. The molecule has 0 aromatic heterocycles. The highest BCUT2D eigenvalue weighted by atomic mass is 79.9. The fourth-order valence-electron chi connectivity index (χ4n) is 1.83. The molecule has 1 heterocycles. The van der Waals surface area contributed by atoms with Gasteiger partial charge in [0, 0.05) is 17.6 Å². The van der Waals surface area contributed by atoms with Gasteiger partial charge >= 0.3 is 0 Å². The fourth-order valence-corrected chi connectivity index (χ4v) is 2.39. The molecule has 1 aromatic rings. The van der Waals surface area contributed by atoms with Crippen LogP contribution in [0.1, 0.15) is 17.3 Å². The second-order valence-electron chi connectivity index (χ2n) is 4.06. The van der Waals surface area contributed by atoms with E-state index < -0.39 is 0 Å².